The van der Waals surface area contributed by atoms with Gasteiger partial charge in [0.2, 0.25) is 0 Å². The summed E-state index contributed by atoms with van der Waals surface area (Å²) < 4.78 is 2.64. The highest BCUT2D eigenvalue weighted by Gasteiger charge is 2.13. The topological polar surface area (TPSA) is 38.7 Å². The van der Waals surface area contributed by atoms with E-state index in [1.165, 1.54) is 36.9 Å². The van der Waals surface area contributed by atoms with Crippen molar-refractivity contribution in [1.82, 2.24) is 15.0 Å². The molecule has 0 atom stereocenters. The molecule has 4 heteroatoms. The fourth-order valence-corrected chi connectivity index (χ4v) is 6.89. The zero-order chi connectivity index (χ0) is 29.5. The largest absolute Gasteiger partial charge is 0.264 e. The van der Waals surface area contributed by atoms with E-state index in [1.807, 2.05) is 23.6 Å². The molecule has 3 heterocycles. The Hall–Kier alpha value is -5.45. The van der Waals surface area contributed by atoms with E-state index in [4.69, 9.17) is 9.97 Å². The molecule has 0 amide bonds. The zero-order valence-corrected chi connectivity index (χ0v) is 24.9. The molecule has 0 N–H and O–H groups in total. The maximum Gasteiger partial charge on any atom is 0.160 e. The molecule has 0 spiro atoms. The third-order valence-electron chi connectivity index (χ3n) is 8.18. The third-order valence-corrected chi connectivity index (χ3v) is 9.33. The quantitative estimate of drug-likeness (QED) is 0.203. The van der Waals surface area contributed by atoms with Crippen molar-refractivity contribution in [2.45, 2.75) is 6.92 Å². The molecule has 5 aromatic carbocycles. The number of hydrogen-bond acceptors (Lipinski definition) is 4. The van der Waals surface area contributed by atoms with Crippen LogP contribution in [-0.4, -0.2) is 15.0 Å². The molecule has 0 aliphatic rings. The molecule has 0 aliphatic carbocycles. The lowest BCUT2D eigenvalue weighted by atomic mass is 9.99. The second kappa shape index (κ2) is 11.0. The number of aromatic nitrogens is 3. The molecule has 0 saturated heterocycles. The van der Waals surface area contributed by atoms with Gasteiger partial charge in [0.15, 0.2) is 5.82 Å². The van der Waals surface area contributed by atoms with E-state index in [0.717, 1.165) is 39.2 Å². The standard InChI is InChI=1S/C40H27N3S/c1-26-7-2-3-9-33(26)37-24-36(42-40(43-37)30-18-14-28(15-19-30)32-8-6-22-41-25-32)29-16-12-27(13-17-29)31-20-21-39-35(23-31)34-10-4-5-11-38(34)44-39/h2-25H,1H3. The SMILES string of the molecule is Cc1ccccc1-c1cc(-c2ccc(-c3ccc4sc5ccccc5c4c3)cc2)nc(-c2ccc(-c3cccnc3)cc2)n1. The minimum atomic E-state index is 0.706. The Balaban J connectivity index is 1.19. The summed E-state index contributed by atoms with van der Waals surface area (Å²) in [5.74, 6) is 0.706. The number of benzene rings is 5. The molecule has 8 rings (SSSR count). The van der Waals surface area contributed by atoms with Gasteiger partial charge in [0.05, 0.1) is 11.4 Å². The van der Waals surface area contributed by atoms with Crippen molar-refractivity contribution in [3.8, 4) is 56.2 Å². The third kappa shape index (κ3) is 4.85. The zero-order valence-electron chi connectivity index (χ0n) is 24.1. The van der Waals surface area contributed by atoms with Gasteiger partial charge in [0, 0.05) is 49.3 Å². The highest BCUT2D eigenvalue weighted by atomic mass is 32.1. The lowest BCUT2D eigenvalue weighted by Crippen LogP contribution is -1.97. The number of rotatable bonds is 5. The fraction of sp³-hybridized carbons (Fsp3) is 0.0250. The first-order valence-electron chi connectivity index (χ1n) is 14.7. The molecule has 0 aliphatic heterocycles. The normalized spacial score (nSPS) is 11.3. The van der Waals surface area contributed by atoms with Gasteiger partial charge in [0.25, 0.3) is 0 Å². The van der Waals surface area contributed by atoms with Crippen LogP contribution < -0.4 is 0 Å². The lowest BCUT2D eigenvalue weighted by Gasteiger charge is -2.12. The minimum absolute atomic E-state index is 0.706. The fourth-order valence-electron chi connectivity index (χ4n) is 5.81. The predicted molar refractivity (Wildman–Crippen MR) is 185 cm³/mol. The van der Waals surface area contributed by atoms with E-state index in [2.05, 4.69) is 139 Å². The van der Waals surface area contributed by atoms with Gasteiger partial charge in [-0.05, 0) is 65.1 Å². The Morgan fingerprint density at radius 1 is 0.477 bits per heavy atom. The second-order valence-electron chi connectivity index (χ2n) is 11.0. The van der Waals surface area contributed by atoms with Crippen molar-refractivity contribution in [1.29, 1.82) is 0 Å². The molecule has 0 saturated carbocycles. The lowest BCUT2D eigenvalue weighted by molar-refractivity contribution is 1.18. The maximum absolute atomic E-state index is 5.08. The summed E-state index contributed by atoms with van der Waals surface area (Å²) in [6.07, 6.45) is 3.67. The van der Waals surface area contributed by atoms with Crippen molar-refractivity contribution in [3.05, 3.63) is 151 Å². The van der Waals surface area contributed by atoms with Crippen LogP contribution in [0.2, 0.25) is 0 Å². The van der Waals surface area contributed by atoms with E-state index in [1.54, 1.807) is 6.20 Å². The van der Waals surface area contributed by atoms with Crippen LogP contribution in [0.1, 0.15) is 5.56 Å². The highest BCUT2D eigenvalue weighted by molar-refractivity contribution is 7.25. The molecule has 3 nitrogen and oxygen atoms in total. The van der Waals surface area contributed by atoms with Crippen molar-refractivity contribution in [3.63, 3.8) is 0 Å². The maximum atomic E-state index is 5.08. The van der Waals surface area contributed by atoms with Crippen LogP contribution in [0.3, 0.4) is 0 Å². The molecule has 0 radical (unpaired) electrons. The summed E-state index contributed by atoms with van der Waals surface area (Å²) in [6, 6.07) is 47.1. The van der Waals surface area contributed by atoms with E-state index in [0.29, 0.717) is 5.82 Å². The van der Waals surface area contributed by atoms with Crippen LogP contribution in [0.15, 0.2) is 146 Å². The smallest absolute Gasteiger partial charge is 0.160 e. The van der Waals surface area contributed by atoms with Crippen molar-refractivity contribution >= 4 is 31.5 Å². The van der Waals surface area contributed by atoms with Gasteiger partial charge in [-0.3, -0.25) is 4.98 Å². The van der Waals surface area contributed by atoms with E-state index in [9.17, 15) is 0 Å². The molecular formula is C40H27N3S. The summed E-state index contributed by atoms with van der Waals surface area (Å²) in [4.78, 5) is 14.4. The number of aryl methyl sites for hydroxylation is 1. The van der Waals surface area contributed by atoms with Gasteiger partial charge in [-0.15, -0.1) is 11.3 Å². The molecule has 3 aromatic heterocycles. The second-order valence-corrected chi connectivity index (χ2v) is 12.1. The first-order valence-corrected chi connectivity index (χ1v) is 15.5. The van der Waals surface area contributed by atoms with Crippen LogP contribution in [0, 0.1) is 6.92 Å². The highest BCUT2D eigenvalue weighted by Crippen LogP contribution is 2.37. The van der Waals surface area contributed by atoms with E-state index < -0.39 is 0 Å². The Kier molecular flexibility index (Phi) is 6.55. The van der Waals surface area contributed by atoms with Crippen molar-refractivity contribution < 1.29 is 0 Å². The van der Waals surface area contributed by atoms with Gasteiger partial charge in [-0.2, -0.15) is 0 Å². The summed E-state index contributed by atoms with van der Waals surface area (Å²) in [7, 11) is 0. The Labute approximate surface area is 260 Å². The van der Waals surface area contributed by atoms with Crippen molar-refractivity contribution in [2.75, 3.05) is 0 Å². The molecule has 0 unspecified atom stereocenters. The number of pyridine rings is 1. The summed E-state index contributed by atoms with van der Waals surface area (Å²) in [5.41, 5.74) is 10.7. The number of nitrogens with zero attached hydrogens (tertiary/aromatic N) is 3. The predicted octanol–water partition coefficient (Wildman–Crippen LogP) is 10.9. The first-order chi connectivity index (χ1) is 21.7. The Morgan fingerprint density at radius 2 is 1.14 bits per heavy atom. The molecule has 0 fully saturated rings. The van der Waals surface area contributed by atoms with E-state index >= 15 is 0 Å². The summed E-state index contributed by atoms with van der Waals surface area (Å²) in [5, 5.41) is 2.63. The monoisotopic (exact) mass is 581 g/mol. The van der Waals surface area contributed by atoms with Crippen LogP contribution in [0.4, 0.5) is 0 Å². The Morgan fingerprint density at radius 3 is 1.93 bits per heavy atom. The van der Waals surface area contributed by atoms with Crippen LogP contribution >= 0.6 is 11.3 Å². The molecule has 208 valence electrons. The molecule has 44 heavy (non-hydrogen) atoms. The van der Waals surface area contributed by atoms with Crippen LogP contribution in [0.25, 0.3) is 76.3 Å². The van der Waals surface area contributed by atoms with Crippen LogP contribution in [-0.2, 0) is 0 Å². The first kappa shape index (κ1) is 26.2. The number of fused-ring (bicyclic) bond motifs is 3. The number of thiophene rings is 1. The molecular weight excluding hydrogens is 555 g/mol. The number of hydrogen-bond donors (Lipinski definition) is 0. The average molecular weight is 582 g/mol. The van der Waals surface area contributed by atoms with Gasteiger partial charge in [0.1, 0.15) is 0 Å². The van der Waals surface area contributed by atoms with Crippen molar-refractivity contribution in [2.24, 2.45) is 0 Å². The summed E-state index contributed by atoms with van der Waals surface area (Å²) in [6.45, 7) is 2.13. The Bertz CT molecular complexity index is 2270. The summed E-state index contributed by atoms with van der Waals surface area (Å²) >= 11 is 1.85. The van der Waals surface area contributed by atoms with Gasteiger partial charge >= 0.3 is 0 Å². The minimum Gasteiger partial charge on any atom is -0.264 e. The van der Waals surface area contributed by atoms with E-state index in [-0.39, 0.29) is 0 Å². The average Bonchev–Trinajstić information content (AvgIpc) is 3.47. The van der Waals surface area contributed by atoms with Gasteiger partial charge in [-0.1, -0.05) is 103 Å². The molecule has 0 bridgehead atoms. The van der Waals surface area contributed by atoms with Crippen LogP contribution in [0.5, 0.6) is 0 Å². The van der Waals surface area contributed by atoms with Gasteiger partial charge in [-0.25, -0.2) is 9.97 Å². The van der Waals surface area contributed by atoms with Gasteiger partial charge < -0.3 is 0 Å². The molecule has 8 aromatic rings.